The zero-order chi connectivity index (χ0) is 29.9. The van der Waals surface area contributed by atoms with Gasteiger partial charge in [-0.1, -0.05) is 97.1 Å². The van der Waals surface area contributed by atoms with E-state index in [0.717, 1.165) is 11.5 Å². The summed E-state index contributed by atoms with van der Waals surface area (Å²) >= 11 is -1.58. The number of ether oxygens (including phenoxy) is 1. The van der Waals surface area contributed by atoms with Crippen LogP contribution in [0.1, 0.15) is 0 Å². The number of hydrogen-bond acceptors (Lipinski definition) is 1. The predicted molar refractivity (Wildman–Crippen MR) is 196 cm³/mol. The van der Waals surface area contributed by atoms with Gasteiger partial charge in [-0.2, -0.15) is 0 Å². The fraction of sp³-hybridized carbons (Fsp3) is 0.0270. The summed E-state index contributed by atoms with van der Waals surface area (Å²) in [5, 5.41) is 7.88. The van der Waals surface area contributed by atoms with Gasteiger partial charge in [0.15, 0.2) is 11.5 Å². The normalized spacial score (nSPS) is 10.8. The van der Waals surface area contributed by atoms with E-state index < -0.39 is 35.5 Å². The van der Waals surface area contributed by atoms with Crippen molar-refractivity contribution in [2.45, 2.75) is 4.58 Å². The first-order valence-electron chi connectivity index (χ1n) is 13.9. The van der Waals surface area contributed by atoms with Crippen molar-refractivity contribution in [3.05, 3.63) is 170 Å². The van der Waals surface area contributed by atoms with Crippen LogP contribution in [0, 0.1) is 0 Å². The maximum atomic E-state index is 6.94. The first-order chi connectivity index (χ1) is 21.1. The van der Waals surface area contributed by atoms with E-state index in [4.69, 9.17) is 21.6 Å². The molecule has 0 saturated heterocycles. The van der Waals surface area contributed by atoms with Crippen molar-refractivity contribution in [1.82, 2.24) is 0 Å². The predicted octanol–water partition coefficient (Wildman–Crippen LogP) is 8.04. The van der Waals surface area contributed by atoms with Gasteiger partial charge in [0, 0.05) is 0 Å². The summed E-state index contributed by atoms with van der Waals surface area (Å²) in [4.78, 5) is 0. The molecule has 0 unspecified atom stereocenters. The Bertz CT molecular complexity index is 1480. The molecule has 0 N–H and O–H groups in total. The Balaban J connectivity index is 0.000000868. The molecule has 1 radical (unpaired) electrons. The van der Waals surface area contributed by atoms with Crippen molar-refractivity contribution in [2.75, 3.05) is 0 Å². The third-order valence-electron chi connectivity index (χ3n) is 6.78. The molecule has 0 aromatic heterocycles. The molecule has 43 heavy (non-hydrogen) atoms. The van der Waals surface area contributed by atoms with Crippen molar-refractivity contribution in [2.24, 2.45) is 0 Å². The Morgan fingerprint density at radius 3 is 0.907 bits per heavy atom. The largest absolute Gasteiger partial charge is 0.449 e. The van der Waals surface area contributed by atoms with E-state index in [2.05, 4.69) is 170 Å². The Morgan fingerprint density at radius 1 is 0.395 bits per heavy atom. The second kappa shape index (κ2) is 16.5. The van der Waals surface area contributed by atoms with Crippen LogP contribution >= 0.6 is 32.7 Å². The summed E-state index contributed by atoms with van der Waals surface area (Å²) < 4.78 is 8.83. The van der Waals surface area contributed by atoms with Gasteiger partial charge in [0.05, 0.1) is 0 Å². The van der Waals surface area contributed by atoms with Crippen molar-refractivity contribution in [1.29, 1.82) is 0 Å². The van der Waals surface area contributed by atoms with Crippen LogP contribution in [0.2, 0.25) is 4.58 Å². The molecule has 6 aromatic carbocycles. The van der Waals surface area contributed by atoms with E-state index in [1.165, 1.54) is 31.8 Å². The molecule has 215 valence electrons. The third-order valence-corrected chi connectivity index (χ3v) is 12.3. The third kappa shape index (κ3) is 8.77. The molecule has 0 saturated carbocycles. The summed E-state index contributed by atoms with van der Waals surface area (Å²) in [5.41, 5.74) is 0. The number of para-hydroxylation sites is 2. The molecule has 0 spiro atoms. The van der Waals surface area contributed by atoms with Gasteiger partial charge < -0.3 is 4.74 Å². The molecule has 0 aliphatic heterocycles. The SMILES string of the molecule is [CH3][Po]([Cl])[Cl].c1ccc([PH+](c2ccccc2)c2ccccc2Oc2ccccc2[PH+](c2ccccc2)c2ccccc2)cc1. The van der Waals surface area contributed by atoms with Crippen molar-refractivity contribution < 1.29 is 4.74 Å². The molecular formula is C37H33Cl2OP2Po+2. The first-order valence-corrected chi connectivity index (χ1v) is 27.9. The monoisotopic (exact) mass is 834 g/mol. The second-order valence-corrected chi connectivity index (χ2v) is 26.9. The van der Waals surface area contributed by atoms with E-state index in [-0.39, 0.29) is 0 Å². The fourth-order valence-corrected chi connectivity index (χ4v) is 10.3. The minimum atomic E-state index is -1.58. The topological polar surface area (TPSA) is 9.23 Å². The van der Waals surface area contributed by atoms with Gasteiger partial charge >= 0.3 is 41.1 Å². The number of benzene rings is 6. The molecule has 0 aliphatic rings. The van der Waals surface area contributed by atoms with Gasteiger partial charge in [-0.15, -0.1) is 0 Å². The summed E-state index contributed by atoms with van der Waals surface area (Å²) in [5.74, 6) is 1.85. The quantitative estimate of drug-likeness (QED) is 0.141. The van der Waals surface area contributed by atoms with Crippen LogP contribution in [0.3, 0.4) is 0 Å². The van der Waals surface area contributed by atoms with Gasteiger partial charge in [-0.25, -0.2) is 0 Å². The number of halogens is 2. The van der Waals surface area contributed by atoms with Gasteiger partial charge in [-0.05, 0) is 72.8 Å². The van der Waals surface area contributed by atoms with Crippen LogP contribution in [0.5, 0.6) is 11.5 Å². The molecule has 0 atom stereocenters. The Morgan fingerprint density at radius 2 is 0.628 bits per heavy atom. The minimum Gasteiger partial charge on any atom is -0.449 e. The van der Waals surface area contributed by atoms with Crippen LogP contribution in [-0.2, 0) is 0 Å². The fourth-order valence-electron chi connectivity index (χ4n) is 5.02. The average Bonchev–Trinajstić information content (AvgIpc) is 3.05. The molecule has 0 heterocycles. The average molecular weight is 836 g/mol. The van der Waals surface area contributed by atoms with Crippen LogP contribution in [0.15, 0.2) is 170 Å². The van der Waals surface area contributed by atoms with Gasteiger partial charge in [-0.3, -0.25) is 0 Å². The molecule has 6 aromatic rings. The van der Waals surface area contributed by atoms with Crippen LogP contribution in [-0.4, -0.2) is 19.7 Å². The van der Waals surface area contributed by atoms with Gasteiger partial charge in [0.2, 0.25) is 0 Å². The van der Waals surface area contributed by atoms with E-state index in [9.17, 15) is 0 Å². The van der Waals surface area contributed by atoms with E-state index in [0.29, 0.717) is 0 Å². The molecule has 1 nitrogen and oxygen atoms in total. The zero-order valence-corrected chi connectivity index (χ0v) is 30.4. The summed E-state index contributed by atoms with van der Waals surface area (Å²) in [6, 6.07) is 60.6. The Labute approximate surface area is 272 Å². The molecule has 0 fully saturated rings. The first kappa shape index (κ1) is 31.9. The molecule has 0 aliphatic carbocycles. The number of hydrogen-bond donors (Lipinski definition) is 0. The standard InChI is InChI=1S/C36H28OP2.CH3.2ClH.Po/c1-5-17-29(18-6-1)38(30-19-7-2-8-20-30)35-27-15-13-25-33(35)37-34-26-14-16-28-36(34)39(31-21-9-3-10-22-31)32-23-11-4-12-24-32;;;;/h1-28H;1H3;2*1H;/q;;;;+2. The van der Waals surface area contributed by atoms with Gasteiger partial charge in [0.25, 0.3) is 0 Å². The van der Waals surface area contributed by atoms with E-state index in [1.54, 1.807) is 0 Å². The molecule has 0 bridgehead atoms. The summed E-state index contributed by atoms with van der Waals surface area (Å²) in [6.45, 7) is 0. The minimum absolute atomic E-state index is 0.925. The zero-order valence-electron chi connectivity index (χ0n) is 23.7. The van der Waals surface area contributed by atoms with Crippen molar-refractivity contribution in [3.8, 4) is 11.5 Å². The second-order valence-electron chi connectivity index (χ2n) is 9.68. The van der Waals surface area contributed by atoms with E-state index in [1.807, 2.05) is 4.58 Å². The van der Waals surface area contributed by atoms with Crippen molar-refractivity contribution in [3.63, 3.8) is 0 Å². The smallest absolute Gasteiger partial charge is 0.170 e. The maximum absolute atomic E-state index is 6.94. The van der Waals surface area contributed by atoms with Crippen LogP contribution in [0.25, 0.3) is 0 Å². The van der Waals surface area contributed by atoms with E-state index >= 15 is 0 Å². The molecule has 6 heteroatoms. The van der Waals surface area contributed by atoms with Crippen LogP contribution in [0.4, 0.5) is 0 Å². The van der Waals surface area contributed by atoms with Crippen molar-refractivity contribution >= 4 is 84.2 Å². The Hall–Kier alpha value is -2.54. The maximum Gasteiger partial charge on any atom is 0.170 e. The number of rotatable bonds is 8. The molecule has 0 amide bonds. The summed E-state index contributed by atoms with van der Waals surface area (Å²) in [6.07, 6.45) is 0. The van der Waals surface area contributed by atoms with Crippen LogP contribution < -0.4 is 36.6 Å². The van der Waals surface area contributed by atoms with Gasteiger partial charge in [0.1, 0.15) is 47.7 Å². The summed E-state index contributed by atoms with van der Waals surface area (Å²) in [7, 11) is 7.91. The Kier molecular flexibility index (Phi) is 12.2. The molecular weight excluding hydrogens is 802 g/mol. The molecule has 6 rings (SSSR count).